The van der Waals surface area contributed by atoms with Crippen LogP contribution in [0, 0.1) is 11.3 Å². The van der Waals surface area contributed by atoms with Crippen LogP contribution in [-0.2, 0) is 0 Å². The van der Waals surface area contributed by atoms with Gasteiger partial charge in [-0.25, -0.2) is 0 Å². The van der Waals surface area contributed by atoms with Gasteiger partial charge in [-0.3, -0.25) is 4.79 Å². The van der Waals surface area contributed by atoms with Crippen molar-refractivity contribution in [2.24, 2.45) is 11.3 Å². The van der Waals surface area contributed by atoms with Crippen molar-refractivity contribution in [2.45, 2.75) is 33.6 Å². The van der Waals surface area contributed by atoms with Gasteiger partial charge < -0.3 is 10.6 Å². The van der Waals surface area contributed by atoms with Crippen molar-refractivity contribution in [3.05, 3.63) is 28.2 Å². The molecule has 1 aromatic carbocycles. The molecule has 0 bridgehead atoms. The lowest BCUT2D eigenvalue weighted by molar-refractivity contribution is 0.0609. The zero-order chi connectivity index (χ0) is 14.9. The van der Waals surface area contributed by atoms with E-state index in [-0.39, 0.29) is 5.91 Å². The van der Waals surface area contributed by atoms with Crippen LogP contribution in [0.4, 0.5) is 5.69 Å². The average Bonchev–Trinajstić information content (AvgIpc) is 2.37. The van der Waals surface area contributed by atoms with Crippen molar-refractivity contribution in [1.29, 1.82) is 0 Å². The number of carbonyl (C=O) groups is 1. The van der Waals surface area contributed by atoms with E-state index in [0.717, 1.165) is 30.4 Å². The first kappa shape index (κ1) is 15.4. The molecule has 1 aromatic rings. The van der Waals surface area contributed by atoms with E-state index in [1.54, 1.807) is 12.1 Å². The largest absolute Gasteiger partial charge is 0.398 e. The number of hydrogen-bond acceptors (Lipinski definition) is 2. The fourth-order valence-corrected chi connectivity index (χ4v) is 3.23. The summed E-state index contributed by atoms with van der Waals surface area (Å²) in [4.78, 5) is 14.5. The first-order valence-electron chi connectivity index (χ1n) is 7.13. The molecule has 1 fully saturated rings. The highest BCUT2D eigenvalue weighted by Crippen LogP contribution is 2.34. The van der Waals surface area contributed by atoms with Crippen LogP contribution in [0.2, 0.25) is 0 Å². The molecule has 1 heterocycles. The lowest BCUT2D eigenvalue weighted by Crippen LogP contribution is -2.41. The SMILES string of the molecule is CC(C)(C)C1CCN(C(=O)c2ccc(Br)cc2N)CC1. The molecule has 1 aliphatic rings. The highest BCUT2D eigenvalue weighted by Gasteiger charge is 2.31. The molecule has 1 aliphatic heterocycles. The van der Waals surface area contributed by atoms with Gasteiger partial charge in [0.2, 0.25) is 0 Å². The third kappa shape index (κ3) is 3.35. The predicted octanol–water partition coefficient (Wildman–Crippen LogP) is 3.93. The second-order valence-electron chi connectivity index (χ2n) is 6.66. The molecule has 2 rings (SSSR count). The third-order valence-electron chi connectivity index (χ3n) is 4.25. The number of rotatable bonds is 1. The highest BCUT2D eigenvalue weighted by atomic mass is 79.9. The minimum absolute atomic E-state index is 0.0577. The molecule has 0 spiro atoms. The first-order chi connectivity index (χ1) is 9.29. The van der Waals surface area contributed by atoms with Gasteiger partial charge >= 0.3 is 0 Å². The van der Waals surface area contributed by atoms with Gasteiger partial charge in [0.25, 0.3) is 5.91 Å². The number of likely N-dealkylation sites (tertiary alicyclic amines) is 1. The monoisotopic (exact) mass is 338 g/mol. The Labute approximate surface area is 129 Å². The molecule has 3 nitrogen and oxygen atoms in total. The zero-order valence-electron chi connectivity index (χ0n) is 12.4. The van der Waals surface area contributed by atoms with Crippen LogP contribution in [0.3, 0.4) is 0 Å². The van der Waals surface area contributed by atoms with Crippen molar-refractivity contribution in [2.75, 3.05) is 18.8 Å². The van der Waals surface area contributed by atoms with Gasteiger partial charge in [0, 0.05) is 23.2 Å². The Balaban J connectivity index is 2.05. The van der Waals surface area contributed by atoms with Crippen LogP contribution in [0.5, 0.6) is 0 Å². The quantitative estimate of drug-likeness (QED) is 0.788. The molecule has 1 amide bonds. The number of hydrogen-bond donors (Lipinski definition) is 1. The summed E-state index contributed by atoms with van der Waals surface area (Å²) in [6.07, 6.45) is 2.15. The van der Waals surface area contributed by atoms with Gasteiger partial charge in [0.15, 0.2) is 0 Å². The average molecular weight is 339 g/mol. The topological polar surface area (TPSA) is 46.3 Å². The van der Waals surface area contributed by atoms with E-state index < -0.39 is 0 Å². The summed E-state index contributed by atoms with van der Waals surface area (Å²) in [5, 5.41) is 0. The van der Waals surface area contributed by atoms with Crippen LogP contribution >= 0.6 is 15.9 Å². The predicted molar refractivity (Wildman–Crippen MR) is 86.6 cm³/mol. The maximum absolute atomic E-state index is 12.5. The molecule has 2 N–H and O–H groups in total. The number of anilines is 1. The maximum atomic E-state index is 12.5. The van der Waals surface area contributed by atoms with Crippen LogP contribution in [-0.4, -0.2) is 23.9 Å². The first-order valence-corrected chi connectivity index (χ1v) is 7.92. The van der Waals surface area contributed by atoms with Crippen LogP contribution < -0.4 is 5.73 Å². The molecule has 20 heavy (non-hydrogen) atoms. The number of nitrogens with two attached hydrogens (primary N) is 1. The molecule has 0 aliphatic carbocycles. The third-order valence-corrected chi connectivity index (χ3v) is 4.74. The minimum Gasteiger partial charge on any atom is -0.398 e. The summed E-state index contributed by atoms with van der Waals surface area (Å²) in [5.74, 6) is 0.746. The molecule has 4 heteroatoms. The number of carbonyl (C=O) groups excluding carboxylic acids is 1. The summed E-state index contributed by atoms with van der Waals surface area (Å²) in [6.45, 7) is 8.50. The van der Waals surface area contributed by atoms with Gasteiger partial charge in [-0.1, -0.05) is 36.7 Å². The molecule has 0 atom stereocenters. The number of halogens is 1. The van der Waals surface area contributed by atoms with E-state index in [0.29, 0.717) is 22.6 Å². The molecule has 110 valence electrons. The lowest BCUT2D eigenvalue weighted by Gasteiger charge is -2.38. The van der Waals surface area contributed by atoms with Crippen molar-refractivity contribution < 1.29 is 4.79 Å². The Kier molecular flexibility index (Phi) is 4.43. The van der Waals surface area contributed by atoms with Crippen LogP contribution in [0.1, 0.15) is 44.0 Å². The van der Waals surface area contributed by atoms with Crippen molar-refractivity contribution in [3.63, 3.8) is 0 Å². The summed E-state index contributed by atoms with van der Waals surface area (Å²) >= 11 is 3.37. The van der Waals surface area contributed by atoms with E-state index in [4.69, 9.17) is 5.73 Å². The highest BCUT2D eigenvalue weighted by molar-refractivity contribution is 9.10. The van der Waals surface area contributed by atoms with Crippen molar-refractivity contribution >= 4 is 27.5 Å². The van der Waals surface area contributed by atoms with E-state index in [1.807, 2.05) is 11.0 Å². The fourth-order valence-electron chi connectivity index (χ4n) is 2.85. The Hall–Kier alpha value is -1.03. The van der Waals surface area contributed by atoms with Gasteiger partial charge in [0.1, 0.15) is 0 Å². The van der Waals surface area contributed by atoms with Crippen molar-refractivity contribution in [1.82, 2.24) is 4.90 Å². The number of nitrogens with zero attached hydrogens (tertiary/aromatic N) is 1. The molecule has 0 saturated carbocycles. The van der Waals surface area contributed by atoms with Gasteiger partial charge in [0.05, 0.1) is 5.56 Å². The van der Waals surface area contributed by atoms with E-state index in [2.05, 4.69) is 36.7 Å². The second-order valence-corrected chi connectivity index (χ2v) is 7.58. The summed E-state index contributed by atoms with van der Waals surface area (Å²) in [5.41, 5.74) is 7.43. The summed E-state index contributed by atoms with van der Waals surface area (Å²) in [7, 11) is 0. The van der Waals surface area contributed by atoms with Crippen LogP contribution in [0.25, 0.3) is 0 Å². The fraction of sp³-hybridized carbons (Fsp3) is 0.562. The Morgan fingerprint density at radius 3 is 2.40 bits per heavy atom. The Morgan fingerprint density at radius 2 is 1.90 bits per heavy atom. The molecule has 1 saturated heterocycles. The van der Waals surface area contributed by atoms with Gasteiger partial charge in [-0.05, 0) is 42.4 Å². The molecule has 0 radical (unpaired) electrons. The van der Waals surface area contributed by atoms with Gasteiger partial charge in [-0.2, -0.15) is 0 Å². The smallest absolute Gasteiger partial charge is 0.255 e. The summed E-state index contributed by atoms with van der Waals surface area (Å²) in [6, 6.07) is 5.46. The minimum atomic E-state index is 0.0577. The molecular formula is C16H23BrN2O. The molecule has 0 aromatic heterocycles. The maximum Gasteiger partial charge on any atom is 0.255 e. The second kappa shape index (κ2) is 5.76. The normalized spacial score (nSPS) is 17.3. The lowest BCUT2D eigenvalue weighted by atomic mass is 9.75. The number of piperidine rings is 1. The number of nitrogen functional groups attached to an aromatic ring is 1. The molecular weight excluding hydrogens is 316 g/mol. The number of benzene rings is 1. The summed E-state index contributed by atoms with van der Waals surface area (Å²) < 4.78 is 0.901. The van der Waals surface area contributed by atoms with Gasteiger partial charge in [-0.15, -0.1) is 0 Å². The van der Waals surface area contributed by atoms with E-state index >= 15 is 0 Å². The van der Waals surface area contributed by atoms with E-state index in [9.17, 15) is 4.79 Å². The zero-order valence-corrected chi connectivity index (χ0v) is 14.0. The molecule has 0 unspecified atom stereocenters. The standard InChI is InChI=1S/C16H23BrN2O/c1-16(2,3)11-6-8-19(9-7-11)15(20)13-5-4-12(17)10-14(13)18/h4-5,10-11H,6-9,18H2,1-3H3. The Morgan fingerprint density at radius 1 is 1.30 bits per heavy atom. The number of amides is 1. The van der Waals surface area contributed by atoms with E-state index in [1.165, 1.54) is 0 Å². The van der Waals surface area contributed by atoms with Crippen LogP contribution in [0.15, 0.2) is 22.7 Å². The Bertz CT molecular complexity index is 500. The van der Waals surface area contributed by atoms with Crippen molar-refractivity contribution in [3.8, 4) is 0 Å².